The maximum Gasteiger partial charge on any atom is 0.271 e. The molecule has 0 unspecified atom stereocenters. The number of hydrazone groups is 1. The first-order valence-electron chi connectivity index (χ1n) is 13.2. The van der Waals surface area contributed by atoms with Crippen molar-refractivity contribution in [2.75, 3.05) is 5.32 Å². The molecule has 0 aliphatic heterocycles. The molecule has 1 aliphatic carbocycles. The largest absolute Gasteiger partial charge is 0.322 e. The Hall–Kier alpha value is -2.95. The highest BCUT2D eigenvalue weighted by Crippen LogP contribution is 2.22. The van der Waals surface area contributed by atoms with Crippen LogP contribution in [0, 0.1) is 0 Å². The Morgan fingerprint density at radius 1 is 0.657 bits per heavy atom. The molecule has 2 N–H and O–H groups in total. The van der Waals surface area contributed by atoms with Crippen molar-refractivity contribution >= 4 is 23.2 Å². The van der Waals surface area contributed by atoms with E-state index in [0.717, 1.165) is 31.4 Å². The van der Waals surface area contributed by atoms with E-state index < -0.39 is 0 Å². The molecule has 35 heavy (non-hydrogen) atoms. The van der Waals surface area contributed by atoms with Gasteiger partial charge in [0.25, 0.3) is 11.8 Å². The molecule has 188 valence electrons. The van der Waals surface area contributed by atoms with Crippen LogP contribution in [0.5, 0.6) is 0 Å². The van der Waals surface area contributed by atoms with Crippen LogP contribution in [0.4, 0.5) is 5.69 Å². The van der Waals surface area contributed by atoms with Gasteiger partial charge in [0.05, 0.1) is 0 Å². The SMILES string of the molecule is CC(C)(C)c1ccc(C(=O)Nc2ccc(C(=O)NN=C3CCCCCCCCCCC3)cc2)cc1. The predicted molar refractivity (Wildman–Crippen MR) is 145 cm³/mol. The van der Waals surface area contributed by atoms with Crippen LogP contribution >= 0.6 is 0 Å². The number of benzene rings is 2. The van der Waals surface area contributed by atoms with E-state index in [0.29, 0.717) is 16.8 Å². The van der Waals surface area contributed by atoms with Crippen LogP contribution in [0.25, 0.3) is 0 Å². The quantitative estimate of drug-likeness (QED) is 0.446. The molecule has 1 fully saturated rings. The summed E-state index contributed by atoms with van der Waals surface area (Å²) >= 11 is 0. The van der Waals surface area contributed by atoms with Gasteiger partial charge in [0, 0.05) is 22.5 Å². The summed E-state index contributed by atoms with van der Waals surface area (Å²) in [5, 5.41) is 7.37. The number of nitrogens with one attached hydrogen (secondary N) is 2. The van der Waals surface area contributed by atoms with Crippen LogP contribution in [-0.4, -0.2) is 17.5 Å². The van der Waals surface area contributed by atoms with Gasteiger partial charge in [-0.1, -0.05) is 77.8 Å². The molecule has 2 aromatic rings. The van der Waals surface area contributed by atoms with E-state index in [2.05, 4.69) is 36.6 Å². The Morgan fingerprint density at radius 2 is 1.11 bits per heavy atom. The molecule has 2 aromatic carbocycles. The summed E-state index contributed by atoms with van der Waals surface area (Å²) in [6, 6.07) is 14.6. The van der Waals surface area contributed by atoms with Crippen molar-refractivity contribution in [1.29, 1.82) is 0 Å². The zero-order valence-corrected chi connectivity index (χ0v) is 21.7. The Kier molecular flexibility index (Phi) is 10.1. The van der Waals surface area contributed by atoms with Gasteiger partial charge in [-0.05, 0) is 73.1 Å². The smallest absolute Gasteiger partial charge is 0.271 e. The molecular formula is C30H41N3O2. The molecule has 3 rings (SSSR count). The molecule has 0 aromatic heterocycles. The van der Waals surface area contributed by atoms with Crippen LogP contribution in [0.2, 0.25) is 0 Å². The van der Waals surface area contributed by atoms with E-state index in [-0.39, 0.29) is 17.2 Å². The van der Waals surface area contributed by atoms with Crippen LogP contribution in [0.15, 0.2) is 53.6 Å². The van der Waals surface area contributed by atoms with Gasteiger partial charge in [-0.3, -0.25) is 9.59 Å². The summed E-state index contributed by atoms with van der Waals surface area (Å²) in [5.74, 6) is -0.393. The third-order valence-electron chi connectivity index (χ3n) is 6.66. The molecule has 0 bridgehead atoms. The van der Waals surface area contributed by atoms with Gasteiger partial charge < -0.3 is 5.32 Å². The van der Waals surface area contributed by atoms with Crippen molar-refractivity contribution in [3.05, 3.63) is 65.2 Å². The zero-order chi connectivity index (χ0) is 25.1. The van der Waals surface area contributed by atoms with E-state index in [1.807, 2.05) is 24.3 Å². The third-order valence-corrected chi connectivity index (χ3v) is 6.66. The maximum atomic E-state index is 12.6. The highest BCUT2D eigenvalue weighted by atomic mass is 16.2. The number of amides is 2. The normalized spacial score (nSPS) is 15.9. The minimum atomic E-state index is -0.223. The lowest BCUT2D eigenvalue weighted by Gasteiger charge is -2.19. The molecule has 0 heterocycles. The van der Waals surface area contributed by atoms with E-state index in [1.165, 1.54) is 50.5 Å². The maximum absolute atomic E-state index is 12.6. The first-order valence-corrected chi connectivity index (χ1v) is 13.2. The Bertz CT molecular complexity index is 972. The van der Waals surface area contributed by atoms with Crippen LogP contribution in [0.1, 0.15) is 118 Å². The van der Waals surface area contributed by atoms with Crippen molar-refractivity contribution in [1.82, 2.24) is 5.43 Å². The molecule has 2 amide bonds. The standard InChI is InChI=1S/C30H41N3O2/c1-30(2,3)25-19-15-23(16-20-25)28(34)31-26-21-17-24(18-22-26)29(35)33-32-27-13-11-9-7-5-4-6-8-10-12-14-27/h15-22H,4-14H2,1-3H3,(H,31,34)(H,33,35). The number of hydrogen-bond donors (Lipinski definition) is 2. The van der Waals surface area contributed by atoms with Gasteiger partial charge >= 0.3 is 0 Å². The summed E-state index contributed by atoms with van der Waals surface area (Å²) in [7, 11) is 0. The van der Waals surface area contributed by atoms with Crippen molar-refractivity contribution in [2.45, 2.75) is 96.8 Å². The van der Waals surface area contributed by atoms with E-state index in [4.69, 9.17) is 0 Å². The van der Waals surface area contributed by atoms with Crippen molar-refractivity contribution < 1.29 is 9.59 Å². The lowest BCUT2D eigenvalue weighted by Crippen LogP contribution is -2.20. The molecule has 5 nitrogen and oxygen atoms in total. The minimum Gasteiger partial charge on any atom is -0.322 e. The molecule has 1 saturated carbocycles. The lowest BCUT2D eigenvalue weighted by molar-refractivity contribution is 0.0954. The van der Waals surface area contributed by atoms with Crippen molar-refractivity contribution in [3.63, 3.8) is 0 Å². The Balaban J connectivity index is 1.54. The van der Waals surface area contributed by atoms with Gasteiger partial charge in [-0.25, -0.2) is 5.43 Å². The highest BCUT2D eigenvalue weighted by molar-refractivity contribution is 6.04. The fraction of sp³-hybridized carbons (Fsp3) is 0.500. The summed E-state index contributed by atoms with van der Waals surface area (Å²) in [6.45, 7) is 6.44. The predicted octanol–water partition coefficient (Wildman–Crippen LogP) is 7.63. The Morgan fingerprint density at radius 3 is 1.63 bits per heavy atom. The van der Waals surface area contributed by atoms with Crippen molar-refractivity contribution in [3.8, 4) is 0 Å². The second kappa shape index (κ2) is 13.2. The first-order chi connectivity index (χ1) is 16.8. The molecule has 1 aliphatic rings. The number of anilines is 1. The van der Waals surface area contributed by atoms with E-state index in [1.54, 1.807) is 24.3 Å². The number of rotatable bonds is 4. The molecule has 0 radical (unpaired) electrons. The van der Waals surface area contributed by atoms with Gasteiger partial charge in [0.2, 0.25) is 0 Å². The van der Waals surface area contributed by atoms with Gasteiger partial charge in [0.15, 0.2) is 0 Å². The van der Waals surface area contributed by atoms with Crippen LogP contribution in [-0.2, 0) is 5.41 Å². The lowest BCUT2D eigenvalue weighted by atomic mass is 9.87. The van der Waals surface area contributed by atoms with E-state index >= 15 is 0 Å². The van der Waals surface area contributed by atoms with Crippen molar-refractivity contribution in [2.24, 2.45) is 5.10 Å². The summed E-state index contributed by atoms with van der Waals surface area (Å²) in [5.41, 5.74) is 6.85. The third kappa shape index (κ3) is 8.97. The molecule has 5 heteroatoms. The van der Waals surface area contributed by atoms with Gasteiger partial charge in [-0.15, -0.1) is 0 Å². The highest BCUT2D eigenvalue weighted by Gasteiger charge is 2.14. The Labute approximate surface area is 210 Å². The molecule has 0 atom stereocenters. The minimum absolute atomic E-state index is 0.0448. The molecular weight excluding hydrogens is 434 g/mol. The monoisotopic (exact) mass is 475 g/mol. The number of nitrogens with zero attached hydrogens (tertiary/aromatic N) is 1. The second-order valence-electron chi connectivity index (χ2n) is 10.7. The van der Waals surface area contributed by atoms with Gasteiger partial charge in [0.1, 0.15) is 0 Å². The average molecular weight is 476 g/mol. The number of carbonyl (C=O) groups excluding carboxylic acids is 2. The number of carbonyl (C=O) groups is 2. The summed E-state index contributed by atoms with van der Waals surface area (Å²) in [4.78, 5) is 25.2. The second-order valence-corrected chi connectivity index (χ2v) is 10.7. The fourth-order valence-electron chi connectivity index (χ4n) is 4.36. The van der Waals surface area contributed by atoms with Crippen LogP contribution < -0.4 is 10.7 Å². The zero-order valence-electron chi connectivity index (χ0n) is 21.7. The molecule has 0 spiro atoms. The van der Waals surface area contributed by atoms with Gasteiger partial charge in [-0.2, -0.15) is 5.10 Å². The molecule has 0 saturated heterocycles. The number of hydrogen-bond acceptors (Lipinski definition) is 3. The average Bonchev–Trinajstić information content (AvgIpc) is 2.83. The fourth-order valence-corrected chi connectivity index (χ4v) is 4.36. The summed E-state index contributed by atoms with van der Waals surface area (Å²) in [6.07, 6.45) is 13.3. The van der Waals surface area contributed by atoms with E-state index in [9.17, 15) is 9.59 Å². The van der Waals surface area contributed by atoms with Crippen LogP contribution in [0.3, 0.4) is 0 Å². The topological polar surface area (TPSA) is 70.6 Å². The first kappa shape index (κ1) is 26.7. The summed E-state index contributed by atoms with van der Waals surface area (Å²) < 4.78 is 0.